The van der Waals surface area contributed by atoms with Crippen LogP contribution in [0.5, 0.6) is 28.9 Å². The first-order valence-electron chi connectivity index (χ1n) is 10.5. The maximum Gasteiger partial charge on any atom is 0.291 e. The van der Waals surface area contributed by atoms with Crippen LogP contribution in [0.2, 0.25) is 13.1 Å². The van der Waals surface area contributed by atoms with Gasteiger partial charge in [-0.15, -0.1) is 0 Å². The normalized spacial score (nSPS) is 13.4. The quantitative estimate of drug-likeness (QED) is 0.487. The van der Waals surface area contributed by atoms with Crippen LogP contribution in [0.25, 0.3) is 6.08 Å². The van der Waals surface area contributed by atoms with E-state index in [1.807, 2.05) is 6.92 Å². The first-order valence-corrected chi connectivity index (χ1v) is 13.6. The van der Waals surface area contributed by atoms with E-state index in [2.05, 4.69) is 42.3 Å². The Morgan fingerprint density at radius 1 is 0.939 bits per heavy atom. The number of anilines is 1. The average molecular weight is 466 g/mol. The summed E-state index contributed by atoms with van der Waals surface area (Å²) in [7, 11) is 2.94. The van der Waals surface area contributed by atoms with Crippen molar-refractivity contribution in [1.82, 2.24) is 0 Å². The molecule has 3 aromatic rings. The smallest absolute Gasteiger partial charge is 0.291 e. The van der Waals surface area contributed by atoms with Crippen molar-refractivity contribution < 1.29 is 28.2 Å². The fourth-order valence-corrected chi connectivity index (χ4v) is 5.99. The molecule has 0 fully saturated rings. The van der Waals surface area contributed by atoms with Crippen molar-refractivity contribution in [3.63, 3.8) is 0 Å². The Morgan fingerprint density at radius 2 is 1.64 bits per heavy atom. The van der Waals surface area contributed by atoms with Gasteiger partial charge in [0, 0.05) is 18.2 Å². The van der Waals surface area contributed by atoms with Crippen molar-refractivity contribution in [3.05, 3.63) is 59.0 Å². The summed E-state index contributed by atoms with van der Waals surface area (Å²) in [5.41, 5.74) is 4.94. The van der Waals surface area contributed by atoms with Crippen LogP contribution in [0.3, 0.4) is 0 Å². The molecule has 0 spiro atoms. The number of carbonyl (C=O) groups is 1. The highest BCUT2D eigenvalue weighted by molar-refractivity contribution is 6.96. The molecule has 1 amide bonds. The van der Waals surface area contributed by atoms with E-state index in [1.165, 1.54) is 25.0 Å². The molecule has 4 rings (SSSR count). The summed E-state index contributed by atoms with van der Waals surface area (Å²) in [5, 5.41) is 4.11. The number of nitrogens with one attached hydrogen (secondary N) is 1. The molecule has 0 saturated carbocycles. The first kappa shape index (κ1) is 22.5. The van der Waals surface area contributed by atoms with Gasteiger partial charge in [0.15, 0.2) is 5.76 Å². The van der Waals surface area contributed by atoms with Crippen molar-refractivity contribution in [1.29, 1.82) is 0 Å². The van der Waals surface area contributed by atoms with Crippen LogP contribution in [0.4, 0.5) is 5.69 Å². The molecule has 0 unspecified atom stereocenters. The third kappa shape index (κ3) is 4.34. The van der Waals surface area contributed by atoms with Gasteiger partial charge in [-0.25, -0.2) is 0 Å². The van der Waals surface area contributed by atoms with Gasteiger partial charge in [-0.1, -0.05) is 24.9 Å². The zero-order valence-corrected chi connectivity index (χ0v) is 20.6. The van der Waals surface area contributed by atoms with Crippen LogP contribution in [0.15, 0.2) is 46.5 Å². The average Bonchev–Trinajstić information content (AvgIpc) is 3.38. The lowest BCUT2D eigenvalue weighted by Gasteiger charge is -2.17. The summed E-state index contributed by atoms with van der Waals surface area (Å²) in [6.07, 6.45) is 2.19. The van der Waals surface area contributed by atoms with Crippen LogP contribution in [0, 0.1) is 6.92 Å². The van der Waals surface area contributed by atoms with Crippen LogP contribution < -0.4 is 29.5 Å². The van der Waals surface area contributed by atoms with Crippen molar-refractivity contribution in [2.45, 2.75) is 20.0 Å². The van der Waals surface area contributed by atoms with Crippen molar-refractivity contribution in [3.8, 4) is 28.9 Å². The summed E-state index contributed by atoms with van der Waals surface area (Å²) >= 11 is 0. The number of furan rings is 1. The van der Waals surface area contributed by atoms with Gasteiger partial charge >= 0.3 is 0 Å². The van der Waals surface area contributed by atoms with Crippen molar-refractivity contribution >= 4 is 30.9 Å². The van der Waals surface area contributed by atoms with E-state index in [4.69, 9.17) is 23.4 Å². The summed E-state index contributed by atoms with van der Waals surface area (Å²) < 4.78 is 27.7. The molecule has 8 heteroatoms. The SMILES string of the molecule is COc1cc(OC)c(NC(=O)c2ccc(Oc3cc4c(cc3C)C=C[Si]4(C)C)o2)c(OC)c1. The Labute approximate surface area is 193 Å². The summed E-state index contributed by atoms with van der Waals surface area (Å²) in [6, 6.07) is 10.7. The van der Waals surface area contributed by atoms with Crippen LogP contribution >= 0.6 is 0 Å². The third-order valence-corrected chi connectivity index (χ3v) is 8.51. The van der Waals surface area contributed by atoms with Gasteiger partial charge in [-0.2, -0.15) is 0 Å². The first-order chi connectivity index (χ1) is 15.7. The largest absolute Gasteiger partial charge is 0.496 e. The molecule has 0 saturated heterocycles. The van der Waals surface area contributed by atoms with E-state index < -0.39 is 14.0 Å². The third-order valence-electron chi connectivity index (χ3n) is 5.69. The van der Waals surface area contributed by atoms with E-state index >= 15 is 0 Å². The molecule has 1 aromatic heterocycles. The molecule has 7 nitrogen and oxygen atoms in total. The second-order valence-electron chi connectivity index (χ2n) is 8.34. The number of amides is 1. The van der Waals surface area contributed by atoms with Gasteiger partial charge in [0.2, 0.25) is 0 Å². The van der Waals surface area contributed by atoms with Gasteiger partial charge in [0.05, 0.1) is 21.3 Å². The maximum absolute atomic E-state index is 12.9. The predicted octanol–water partition coefficient (Wildman–Crippen LogP) is 5.14. The molecular weight excluding hydrogens is 438 g/mol. The number of hydrogen-bond donors (Lipinski definition) is 1. The monoisotopic (exact) mass is 465 g/mol. The molecular formula is C25H27NO6Si. The van der Waals surface area contributed by atoms with Gasteiger partial charge in [-0.05, 0) is 41.4 Å². The standard InChI is InChI=1S/C25H27NO6Si/c1-15-11-16-9-10-33(5,6)22(16)14-19(15)32-23-8-7-18(31-23)25(27)26-24-20(29-3)12-17(28-2)13-21(24)30-4/h7-14H,1-6H3,(H,26,27). The number of benzene rings is 2. The fraction of sp³-hybridized carbons (Fsp3) is 0.240. The van der Waals surface area contributed by atoms with E-state index in [1.54, 1.807) is 31.4 Å². The van der Waals surface area contributed by atoms with Crippen LogP contribution in [-0.2, 0) is 0 Å². The van der Waals surface area contributed by atoms with Crippen molar-refractivity contribution in [2.24, 2.45) is 0 Å². The number of carbonyl (C=O) groups excluding carboxylic acids is 1. The van der Waals surface area contributed by atoms with Crippen LogP contribution in [-0.4, -0.2) is 35.3 Å². The molecule has 0 bridgehead atoms. The molecule has 1 N–H and O–H groups in total. The minimum atomic E-state index is -1.60. The van der Waals surface area contributed by atoms with E-state index in [0.717, 1.165) is 11.3 Å². The zero-order valence-electron chi connectivity index (χ0n) is 19.6. The van der Waals surface area contributed by atoms with Gasteiger partial charge in [-0.3, -0.25) is 4.79 Å². The van der Waals surface area contributed by atoms with Gasteiger partial charge in [0.1, 0.15) is 36.8 Å². The lowest BCUT2D eigenvalue weighted by Crippen LogP contribution is -2.37. The minimum Gasteiger partial charge on any atom is -0.496 e. The number of aryl methyl sites for hydroxylation is 1. The van der Waals surface area contributed by atoms with Gasteiger partial charge in [0.25, 0.3) is 11.9 Å². The molecule has 33 heavy (non-hydrogen) atoms. The van der Waals surface area contributed by atoms with E-state index in [0.29, 0.717) is 22.9 Å². The number of fused-ring (bicyclic) bond motifs is 1. The molecule has 2 aromatic carbocycles. The lowest BCUT2D eigenvalue weighted by molar-refractivity contribution is 0.0991. The highest BCUT2D eigenvalue weighted by atomic mass is 28.3. The zero-order chi connectivity index (χ0) is 23.8. The number of hydrogen-bond acceptors (Lipinski definition) is 6. The Kier molecular flexibility index (Phi) is 5.95. The molecule has 0 aliphatic carbocycles. The molecule has 172 valence electrons. The Hall–Kier alpha value is -3.65. The molecule has 1 aliphatic rings. The second-order valence-corrected chi connectivity index (χ2v) is 12.7. The summed E-state index contributed by atoms with van der Waals surface area (Å²) in [6.45, 7) is 6.59. The Bertz CT molecular complexity index is 1220. The maximum atomic E-state index is 12.9. The molecule has 1 aliphatic heterocycles. The molecule has 2 heterocycles. The summed E-state index contributed by atoms with van der Waals surface area (Å²) in [5.74, 6) is 1.94. The van der Waals surface area contributed by atoms with Crippen LogP contribution in [0.1, 0.15) is 21.7 Å². The molecule has 0 atom stereocenters. The van der Waals surface area contributed by atoms with Crippen molar-refractivity contribution in [2.75, 3.05) is 26.6 Å². The molecule has 0 radical (unpaired) electrons. The number of ether oxygens (including phenoxy) is 4. The van der Waals surface area contributed by atoms with E-state index in [9.17, 15) is 4.79 Å². The Morgan fingerprint density at radius 3 is 2.27 bits per heavy atom. The number of methoxy groups -OCH3 is 3. The summed E-state index contributed by atoms with van der Waals surface area (Å²) in [4.78, 5) is 12.9. The topological polar surface area (TPSA) is 79.2 Å². The fourth-order valence-electron chi connectivity index (χ4n) is 3.81. The predicted molar refractivity (Wildman–Crippen MR) is 130 cm³/mol. The number of rotatable bonds is 7. The minimum absolute atomic E-state index is 0.0973. The Balaban J connectivity index is 1.55. The lowest BCUT2D eigenvalue weighted by atomic mass is 10.1. The highest BCUT2D eigenvalue weighted by Gasteiger charge is 2.28. The second kappa shape index (κ2) is 8.71. The highest BCUT2D eigenvalue weighted by Crippen LogP contribution is 2.39. The van der Waals surface area contributed by atoms with Gasteiger partial charge < -0.3 is 28.7 Å². The van der Waals surface area contributed by atoms with E-state index in [-0.39, 0.29) is 11.7 Å².